The summed E-state index contributed by atoms with van der Waals surface area (Å²) in [5.41, 5.74) is 0. The molecule has 1 aromatic rings. The molecule has 1 fully saturated rings. The average Bonchev–Trinajstić information content (AvgIpc) is 2.94. The molecule has 0 amide bonds. The number of hydrogen-bond acceptors (Lipinski definition) is 5. The van der Waals surface area contributed by atoms with Crippen molar-refractivity contribution in [2.45, 2.75) is 45.7 Å². The number of aromatic nitrogens is 2. The molecule has 1 aromatic heterocycles. The molecule has 5 heteroatoms. The molecule has 1 saturated carbocycles. The van der Waals surface area contributed by atoms with Crippen molar-refractivity contribution < 1.29 is 4.42 Å². The van der Waals surface area contributed by atoms with Crippen molar-refractivity contribution in [3.63, 3.8) is 0 Å². The van der Waals surface area contributed by atoms with E-state index in [1.165, 1.54) is 19.3 Å². The van der Waals surface area contributed by atoms with Crippen molar-refractivity contribution in [2.24, 2.45) is 5.92 Å². The number of nitrogens with one attached hydrogen (secondary N) is 2. The van der Waals surface area contributed by atoms with E-state index in [-0.39, 0.29) is 0 Å². The van der Waals surface area contributed by atoms with Gasteiger partial charge in [0.05, 0.1) is 6.54 Å². The summed E-state index contributed by atoms with van der Waals surface area (Å²) >= 11 is 0. The Labute approximate surface area is 96.0 Å². The van der Waals surface area contributed by atoms with Gasteiger partial charge in [-0.05, 0) is 25.8 Å². The molecule has 0 aromatic carbocycles. The molecule has 0 radical (unpaired) electrons. The van der Waals surface area contributed by atoms with Crippen LogP contribution < -0.4 is 10.6 Å². The molecule has 0 spiro atoms. The van der Waals surface area contributed by atoms with Crippen LogP contribution in [0.25, 0.3) is 0 Å². The van der Waals surface area contributed by atoms with Crippen LogP contribution in [0.2, 0.25) is 0 Å². The Hall–Kier alpha value is -1.10. The fourth-order valence-electron chi connectivity index (χ4n) is 1.74. The Kier molecular flexibility index (Phi) is 3.77. The standard InChI is InChI=1S/C11H20N4O/c1-3-12-7-10-14-15-11(16-10)13-8(2)6-9-4-5-9/h8-9,12H,3-7H2,1-2H3,(H,13,15). The normalized spacial score (nSPS) is 17.4. The zero-order chi connectivity index (χ0) is 11.4. The van der Waals surface area contributed by atoms with Crippen molar-refractivity contribution in [1.82, 2.24) is 15.5 Å². The highest BCUT2D eigenvalue weighted by atomic mass is 16.4. The topological polar surface area (TPSA) is 63.0 Å². The zero-order valence-corrected chi connectivity index (χ0v) is 9.99. The van der Waals surface area contributed by atoms with E-state index < -0.39 is 0 Å². The van der Waals surface area contributed by atoms with Crippen molar-refractivity contribution in [3.8, 4) is 0 Å². The second-order valence-electron chi connectivity index (χ2n) is 4.51. The highest BCUT2D eigenvalue weighted by Crippen LogP contribution is 2.33. The molecule has 0 saturated heterocycles. The van der Waals surface area contributed by atoms with Gasteiger partial charge in [-0.2, -0.15) is 0 Å². The fourth-order valence-corrected chi connectivity index (χ4v) is 1.74. The molecular weight excluding hydrogens is 204 g/mol. The molecule has 1 heterocycles. The first-order chi connectivity index (χ1) is 7.78. The van der Waals surface area contributed by atoms with E-state index in [0.717, 1.165) is 12.5 Å². The number of rotatable bonds is 7. The lowest BCUT2D eigenvalue weighted by molar-refractivity contribution is 0.474. The molecule has 1 atom stereocenters. The van der Waals surface area contributed by atoms with E-state index in [1.54, 1.807) is 0 Å². The maximum Gasteiger partial charge on any atom is 0.315 e. The Bertz CT molecular complexity index is 322. The summed E-state index contributed by atoms with van der Waals surface area (Å²) in [6, 6.07) is 0.959. The van der Waals surface area contributed by atoms with Crippen molar-refractivity contribution in [1.29, 1.82) is 0 Å². The van der Waals surface area contributed by atoms with Gasteiger partial charge in [-0.1, -0.05) is 24.9 Å². The van der Waals surface area contributed by atoms with E-state index in [9.17, 15) is 0 Å². The highest BCUT2D eigenvalue weighted by Gasteiger charge is 2.24. The van der Waals surface area contributed by atoms with Gasteiger partial charge < -0.3 is 15.1 Å². The molecule has 5 nitrogen and oxygen atoms in total. The van der Waals surface area contributed by atoms with Crippen LogP contribution in [-0.4, -0.2) is 22.8 Å². The molecule has 1 aliphatic rings. The Morgan fingerprint density at radius 3 is 2.94 bits per heavy atom. The first kappa shape index (κ1) is 11.4. The van der Waals surface area contributed by atoms with Gasteiger partial charge in [0.2, 0.25) is 5.89 Å². The summed E-state index contributed by atoms with van der Waals surface area (Å²) in [5.74, 6) is 1.55. The van der Waals surface area contributed by atoms with Gasteiger partial charge in [0.25, 0.3) is 0 Å². The van der Waals surface area contributed by atoms with Crippen LogP contribution in [0.15, 0.2) is 4.42 Å². The third-order valence-electron chi connectivity index (χ3n) is 2.75. The van der Waals surface area contributed by atoms with Gasteiger partial charge in [0.1, 0.15) is 0 Å². The monoisotopic (exact) mass is 224 g/mol. The average molecular weight is 224 g/mol. The summed E-state index contributed by atoms with van der Waals surface area (Å²) in [6.45, 7) is 5.76. The first-order valence-corrected chi connectivity index (χ1v) is 6.07. The van der Waals surface area contributed by atoms with Gasteiger partial charge >= 0.3 is 6.01 Å². The molecule has 0 aliphatic heterocycles. The van der Waals surface area contributed by atoms with Gasteiger partial charge in [-0.15, -0.1) is 5.10 Å². The Morgan fingerprint density at radius 2 is 2.25 bits per heavy atom. The maximum atomic E-state index is 5.46. The summed E-state index contributed by atoms with van der Waals surface area (Å²) in [7, 11) is 0. The van der Waals surface area contributed by atoms with Crippen LogP contribution in [0.4, 0.5) is 6.01 Å². The minimum absolute atomic E-state index is 0.417. The fraction of sp³-hybridized carbons (Fsp3) is 0.818. The molecular formula is C11H20N4O. The number of nitrogens with zero attached hydrogens (tertiary/aromatic N) is 2. The maximum absolute atomic E-state index is 5.46. The van der Waals surface area contributed by atoms with E-state index in [0.29, 0.717) is 24.5 Å². The van der Waals surface area contributed by atoms with Gasteiger partial charge in [-0.25, -0.2) is 0 Å². The second-order valence-corrected chi connectivity index (χ2v) is 4.51. The zero-order valence-electron chi connectivity index (χ0n) is 9.99. The minimum atomic E-state index is 0.417. The smallest absolute Gasteiger partial charge is 0.315 e. The number of anilines is 1. The summed E-state index contributed by atoms with van der Waals surface area (Å²) in [4.78, 5) is 0. The highest BCUT2D eigenvalue weighted by molar-refractivity contribution is 5.19. The first-order valence-electron chi connectivity index (χ1n) is 6.07. The predicted molar refractivity (Wildman–Crippen MR) is 62.1 cm³/mol. The lowest BCUT2D eigenvalue weighted by Crippen LogP contribution is -2.15. The SMILES string of the molecule is CCNCc1nnc(NC(C)CC2CC2)o1. The Balaban J connectivity index is 1.76. The molecule has 1 unspecified atom stereocenters. The van der Waals surface area contributed by atoms with E-state index in [2.05, 4.69) is 27.8 Å². The van der Waals surface area contributed by atoms with E-state index in [1.807, 2.05) is 6.92 Å². The Morgan fingerprint density at radius 1 is 1.44 bits per heavy atom. The third kappa shape index (κ3) is 3.48. The summed E-state index contributed by atoms with van der Waals surface area (Å²) < 4.78 is 5.46. The van der Waals surface area contributed by atoms with Crippen LogP contribution in [0.5, 0.6) is 0 Å². The largest absolute Gasteiger partial charge is 0.407 e. The lowest BCUT2D eigenvalue weighted by atomic mass is 10.2. The predicted octanol–water partition coefficient (Wildman–Crippen LogP) is 1.78. The molecule has 16 heavy (non-hydrogen) atoms. The van der Waals surface area contributed by atoms with Crippen molar-refractivity contribution in [3.05, 3.63) is 5.89 Å². The molecule has 1 aliphatic carbocycles. The van der Waals surface area contributed by atoms with Crippen molar-refractivity contribution in [2.75, 3.05) is 11.9 Å². The van der Waals surface area contributed by atoms with Gasteiger partial charge in [0, 0.05) is 6.04 Å². The lowest BCUT2D eigenvalue weighted by Gasteiger charge is -2.09. The van der Waals surface area contributed by atoms with Crippen LogP contribution in [0.3, 0.4) is 0 Å². The third-order valence-corrected chi connectivity index (χ3v) is 2.75. The molecule has 0 bridgehead atoms. The van der Waals surface area contributed by atoms with Crippen LogP contribution >= 0.6 is 0 Å². The minimum Gasteiger partial charge on any atom is -0.407 e. The van der Waals surface area contributed by atoms with E-state index >= 15 is 0 Å². The van der Waals surface area contributed by atoms with Crippen LogP contribution in [0.1, 0.15) is 39.0 Å². The second kappa shape index (κ2) is 5.30. The van der Waals surface area contributed by atoms with Crippen LogP contribution in [0, 0.1) is 5.92 Å². The van der Waals surface area contributed by atoms with Crippen molar-refractivity contribution >= 4 is 6.01 Å². The molecule has 2 rings (SSSR count). The van der Waals surface area contributed by atoms with Crippen LogP contribution in [-0.2, 0) is 6.54 Å². The summed E-state index contributed by atoms with van der Waals surface area (Å²) in [5, 5.41) is 14.3. The summed E-state index contributed by atoms with van der Waals surface area (Å²) in [6.07, 6.45) is 3.95. The number of hydrogen-bond donors (Lipinski definition) is 2. The molecule has 90 valence electrons. The molecule has 2 N–H and O–H groups in total. The van der Waals surface area contributed by atoms with Gasteiger partial charge in [0.15, 0.2) is 0 Å². The quantitative estimate of drug-likeness (QED) is 0.739. The van der Waals surface area contributed by atoms with Gasteiger partial charge in [-0.3, -0.25) is 0 Å². The van der Waals surface area contributed by atoms with E-state index in [4.69, 9.17) is 4.42 Å².